The SMILES string of the molecule is CC(c1ccc(S(C)(=O)=O)cc1)N(C)C(=O)[C@@H]1CCC[C@@H]1CN.Cl. The molecule has 1 aliphatic rings. The van der Waals surface area contributed by atoms with Crippen LogP contribution in [0.25, 0.3) is 0 Å². The average Bonchev–Trinajstić information content (AvgIpc) is 3.00. The van der Waals surface area contributed by atoms with E-state index < -0.39 is 9.84 Å². The number of nitrogens with two attached hydrogens (primary N) is 1. The van der Waals surface area contributed by atoms with Gasteiger partial charge in [0.05, 0.1) is 10.9 Å². The fourth-order valence-corrected chi connectivity index (χ4v) is 3.94. The van der Waals surface area contributed by atoms with E-state index >= 15 is 0 Å². The Hall–Kier alpha value is -1.11. The van der Waals surface area contributed by atoms with Gasteiger partial charge in [-0.05, 0) is 49.9 Å². The van der Waals surface area contributed by atoms with Crippen LogP contribution in [0, 0.1) is 11.8 Å². The van der Waals surface area contributed by atoms with Gasteiger partial charge >= 0.3 is 0 Å². The van der Waals surface area contributed by atoms with Crippen LogP contribution in [0.15, 0.2) is 29.2 Å². The first-order valence-electron chi connectivity index (χ1n) is 8.02. The average molecular weight is 375 g/mol. The summed E-state index contributed by atoms with van der Waals surface area (Å²) in [6, 6.07) is 6.64. The molecule has 136 valence electrons. The normalized spacial score (nSPS) is 21.8. The van der Waals surface area contributed by atoms with Crippen LogP contribution in [0.4, 0.5) is 0 Å². The molecule has 2 rings (SSSR count). The first-order chi connectivity index (χ1) is 10.8. The van der Waals surface area contributed by atoms with Crippen molar-refractivity contribution in [2.45, 2.75) is 37.1 Å². The van der Waals surface area contributed by atoms with Crippen LogP contribution >= 0.6 is 12.4 Å². The third-order valence-electron chi connectivity index (χ3n) is 5.00. The van der Waals surface area contributed by atoms with Crippen molar-refractivity contribution in [3.63, 3.8) is 0 Å². The first-order valence-corrected chi connectivity index (χ1v) is 9.91. The number of carbonyl (C=O) groups excluding carboxylic acids is 1. The molecule has 0 spiro atoms. The lowest BCUT2D eigenvalue weighted by Gasteiger charge is -2.30. The van der Waals surface area contributed by atoms with E-state index in [1.807, 2.05) is 14.0 Å². The molecule has 1 aromatic rings. The fourth-order valence-electron chi connectivity index (χ4n) is 3.31. The molecule has 0 aliphatic heterocycles. The number of sulfone groups is 1. The second-order valence-corrected chi connectivity index (χ2v) is 8.52. The molecule has 3 atom stereocenters. The van der Waals surface area contributed by atoms with Gasteiger partial charge in [0.1, 0.15) is 0 Å². The lowest BCUT2D eigenvalue weighted by atomic mass is 9.94. The van der Waals surface area contributed by atoms with E-state index in [4.69, 9.17) is 5.73 Å². The maximum Gasteiger partial charge on any atom is 0.226 e. The predicted molar refractivity (Wildman–Crippen MR) is 97.9 cm³/mol. The van der Waals surface area contributed by atoms with E-state index in [-0.39, 0.29) is 36.2 Å². The van der Waals surface area contributed by atoms with Crippen LogP contribution < -0.4 is 5.73 Å². The lowest BCUT2D eigenvalue weighted by molar-refractivity contribution is -0.137. The third kappa shape index (κ3) is 4.49. The second kappa shape index (κ2) is 8.32. The van der Waals surface area contributed by atoms with Crippen LogP contribution in [0.3, 0.4) is 0 Å². The topological polar surface area (TPSA) is 80.5 Å². The molecule has 0 aromatic heterocycles. The Kier molecular flexibility index (Phi) is 7.25. The highest BCUT2D eigenvalue weighted by molar-refractivity contribution is 7.90. The van der Waals surface area contributed by atoms with E-state index in [1.165, 1.54) is 6.26 Å². The molecule has 1 aromatic carbocycles. The molecular weight excluding hydrogens is 348 g/mol. The standard InChI is InChI=1S/C17H26N2O3S.ClH/c1-12(13-7-9-15(10-8-13)23(3,21)22)19(2)17(20)16-6-4-5-14(16)11-18;/h7-10,12,14,16H,4-6,11,18H2,1-3H3;1H/t12?,14-,16-;/m1./s1. The maximum absolute atomic E-state index is 12.7. The van der Waals surface area contributed by atoms with Gasteiger partial charge in [0.2, 0.25) is 5.91 Å². The number of carbonyl (C=O) groups is 1. The van der Waals surface area contributed by atoms with Crippen molar-refractivity contribution in [2.75, 3.05) is 19.8 Å². The molecule has 0 bridgehead atoms. The maximum atomic E-state index is 12.7. The monoisotopic (exact) mass is 374 g/mol. The Morgan fingerprint density at radius 1 is 1.29 bits per heavy atom. The molecular formula is C17H27ClN2O3S. The van der Waals surface area contributed by atoms with Gasteiger partial charge in [-0.3, -0.25) is 4.79 Å². The fraction of sp³-hybridized carbons (Fsp3) is 0.588. The summed E-state index contributed by atoms with van der Waals surface area (Å²) in [4.78, 5) is 14.8. The molecule has 1 saturated carbocycles. The van der Waals surface area contributed by atoms with Crippen molar-refractivity contribution in [1.82, 2.24) is 4.90 Å². The molecule has 1 fully saturated rings. The van der Waals surface area contributed by atoms with Crippen molar-refractivity contribution in [3.05, 3.63) is 29.8 Å². The minimum atomic E-state index is -3.20. The highest BCUT2D eigenvalue weighted by Crippen LogP contribution is 2.34. The van der Waals surface area contributed by atoms with Gasteiger partial charge in [-0.1, -0.05) is 18.6 Å². The molecule has 1 aliphatic carbocycles. The first kappa shape index (κ1) is 20.9. The number of hydrogen-bond acceptors (Lipinski definition) is 4. The minimum absolute atomic E-state index is 0. The summed E-state index contributed by atoms with van der Waals surface area (Å²) < 4.78 is 23.0. The second-order valence-electron chi connectivity index (χ2n) is 6.50. The van der Waals surface area contributed by atoms with Gasteiger partial charge in [-0.15, -0.1) is 12.4 Å². The summed E-state index contributed by atoms with van der Waals surface area (Å²) in [5, 5.41) is 0. The quantitative estimate of drug-likeness (QED) is 0.858. The number of hydrogen-bond donors (Lipinski definition) is 1. The van der Waals surface area contributed by atoms with Gasteiger partial charge in [0.25, 0.3) is 0 Å². The summed E-state index contributed by atoms with van der Waals surface area (Å²) in [7, 11) is -1.39. The van der Waals surface area contributed by atoms with E-state index in [0.717, 1.165) is 24.8 Å². The van der Waals surface area contributed by atoms with Crippen LogP contribution in [-0.2, 0) is 14.6 Å². The van der Waals surface area contributed by atoms with Crippen molar-refractivity contribution in [2.24, 2.45) is 17.6 Å². The van der Waals surface area contributed by atoms with Crippen LogP contribution in [0.1, 0.15) is 37.8 Å². The van der Waals surface area contributed by atoms with Gasteiger partial charge in [-0.2, -0.15) is 0 Å². The molecule has 1 unspecified atom stereocenters. The van der Waals surface area contributed by atoms with Gasteiger partial charge in [0.15, 0.2) is 9.84 Å². The summed E-state index contributed by atoms with van der Waals surface area (Å²) in [6.07, 6.45) is 4.18. The number of amides is 1. The summed E-state index contributed by atoms with van der Waals surface area (Å²) in [5.41, 5.74) is 6.71. The summed E-state index contributed by atoms with van der Waals surface area (Å²) >= 11 is 0. The highest BCUT2D eigenvalue weighted by atomic mass is 35.5. The Bertz CT molecular complexity index is 661. The number of halogens is 1. The predicted octanol–water partition coefficient (Wildman–Crippen LogP) is 2.41. The zero-order valence-corrected chi connectivity index (χ0v) is 16.1. The minimum Gasteiger partial charge on any atom is -0.339 e. The van der Waals surface area contributed by atoms with Crippen molar-refractivity contribution >= 4 is 28.2 Å². The Labute approximate surface area is 150 Å². The molecule has 24 heavy (non-hydrogen) atoms. The van der Waals surface area contributed by atoms with Crippen molar-refractivity contribution in [1.29, 1.82) is 0 Å². The Morgan fingerprint density at radius 2 is 1.88 bits per heavy atom. The molecule has 5 nitrogen and oxygen atoms in total. The molecule has 0 heterocycles. The molecule has 2 N–H and O–H groups in total. The van der Waals surface area contributed by atoms with E-state index in [2.05, 4.69) is 0 Å². The Morgan fingerprint density at radius 3 is 2.38 bits per heavy atom. The zero-order chi connectivity index (χ0) is 17.2. The zero-order valence-electron chi connectivity index (χ0n) is 14.4. The smallest absolute Gasteiger partial charge is 0.226 e. The van der Waals surface area contributed by atoms with Crippen molar-refractivity contribution < 1.29 is 13.2 Å². The van der Waals surface area contributed by atoms with E-state index in [1.54, 1.807) is 29.2 Å². The van der Waals surface area contributed by atoms with Gasteiger partial charge in [0, 0.05) is 19.2 Å². The molecule has 0 saturated heterocycles. The summed E-state index contributed by atoms with van der Waals surface area (Å²) in [5.74, 6) is 0.435. The van der Waals surface area contributed by atoms with Crippen LogP contribution in [0.2, 0.25) is 0 Å². The molecule has 7 heteroatoms. The lowest BCUT2D eigenvalue weighted by Crippen LogP contribution is -2.38. The van der Waals surface area contributed by atoms with Gasteiger partial charge in [-0.25, -0.2) is 8.42 Å². The van der Waals surface area contributed by atoms with E-state index in [9.17, 15) is 13.2 Å². The third-order valence-corrected chi connectivity index (χ3v) is 6.13. The molecule has 0 radical (unpaired) electrons. The highest BCUT2D eigenvalue weighted by Gasteiger charge is 2.35. The van der Waals surface area contributed by atoms with Crippen molar-refractivity contribution in [3.8, 4) is 0 Å². The number of nitrogens with zero attached hydrogens (tertiary/aromatic N) is 1. The van der Waals surface area contributed by atoms with Gasteiger partial charge < -0.3 is 10.6 Å². The van der Waals surface area contributed by atoms with Crippen LogP contribution in [0.5, 0.6) is 0 Å². The largest absolute Gasteiger partial charge is 0.339 e. The van der Waals surface area contributed by atoms with E-state index in [0.29, 0.717) is 11.4 Å². The van der Waals surface area contributed by atoms with Crippen LogP contribution in [-0.4, -0.2) is 39.1 Å². The Balaban J connectivity index is 0.00000288. The number of rotatable bonds is 5. The summed E-state index contributed by atoms with van der Waals surface area (Å²) in [6.45, 7) is 2.52. The molecule has 1 amide bonds. The number of benzene rings is 1.